The molecule has 4 rings (SSSR count). The Balaban J connectivity index is 1.52. The van der Waals surface area contributed by atoms with Crippen LogP contribution in [-0.2, 0) is 27.5 Å². The van der Waals surface area contributed by atoms with Crippen molar-refractivity contribution in [2.45, 2.75) is 29.7 Å². The number of nitrogens with zero attached hydrogens (tertiary/aromatic N) is 4. The molecule has 0 atom stereocenters. The lowest BCUT2D eigenvalue weighted by molar-refractivity contribution is -0.137. The summed E-state index contributed by atoms with van der Waals surface area (Å²) in [7, 11) is -0.858. The zero-order valence-electron chi connectivity index (χ0n) is 24.6. The summed E-state index contributed by atoms with van der Waals surface area (Å²) >= 11 is 6.97. The van der Waals surface area contributed by atoms with Crippen molar-refractivity contribution in [3.8, 4) is 11.4 Å². The zero-order valence-corrected chi connectivity index (χ0v) is 27.0. The maximum atomic E-state index is 13.1. The lowest BCUT2D eigenvalue weighted by Crippen LogP contribution is -2.25. The van der Waals surface area contributed by atoms with E-state index in [0.29, 0.717) is 23.9 Å². The van der Waals surface area contributed by atoms with E-state index in [2.05, 4.69) is 20.8 Å². The number of halogens is 4. The van der Waals surface area contributed by atoms with Crippen LogP contribution in [0.5, 0.6) is 5.75 Å². The van der Waals surface area contributed by atoms with E-state index in [4.69, 9.17) is 16.3 Å². The summed E-state index contributed by atoms with van der Waals surface area (Å²) in [5.74, 6) is -0.478. The van der Waals surface area contributed by atoms with Crippen molar-refractivity contribution in [3.63, 3.8) is 0 Å². The number of anilines is 1. The van der Waals surface area contributed by atoms with Gasteiger partial charge in [-0.25, -0.2) is 12.7 Å². The molecule has 0 saturated heterocycles. The number of ether oxygens (including phenoxy) is 1. The van der Waals surface area contributed by atoms with Crippen molar-refractivity contribution < 1.29 is 35.9 Å². The quantitative estimate of drug-likeness (QED) is 0.192. The van der Waals surface area contributed by atoms with Gasteiger partial charge in [0.15, 0.2) is 11.0 Å². The number of amides is 2. The SMILES string of the molecule is CCOc1ccc(-n2c(CNC(=O)c3ccc(S(=O)(=O)N(C)C)cc3)nnc2SCC(=O)Nc2cc(C(F)(F)F)ccc2Cl)cc1. The highest BCUT2D eigenvalue weighted by Crippen LogP contribution is 2.34. The van der Waals surface area contributed by atoms with E-state index in [1.807, 2.05) is 6.92 Å². The first kappa shape index (κ1) is 34.7. The maximum Gasteiger partial charge on any atom is 0.416 e. The molecule has 0 fully saturated rings. The van der Waals surface area contributed by atoms with Crippen LogP contribution in [0.2, 0.25) is 5.02 Å². The van der Waals surface area contributed by atoms with E-state index >= 15 is 0 Å². The first-order chi connectivity index (χ1) is 21.7. The van der Waals surface area contributed by atoms with Crippen LogP contribution < -0.4 is 15.4 Å². The zero-order chi connectivity index (χ0) is 33.6. The Morgan fingerprint density at radius 2 is 1.70 bits per heavy atom. The number of aromatic nitrogens is 3. The van der Waals surface area contributed by atoms with E-state index in [1.54, 1.807) is 28.8 Å². The smallest absolute Gasteiger partial charge is 0.416 e. The highest BCUT2D eigenvalue weighted by atomic mass is 35.5. The number of benzene rings is 3. The van der Waals surface area contributed by atoms with Crippen LogP contribution in [0.4, 0.5) is 18.9 Å². The van der Waals surface area contributed by atoms with Gasteiger partial charge in [0.25, 0.3) is 5.91 Å². The average Bonchev–Trinajstić information content (AvgIpc) is 3.42. The standard InChI is InChI=1S/C29H28ClF3N6O5S2/c1-4-44-21-10-8-20(9-11-21)39-25(16-34-27(41)18-5-12-22(13-6-18)46(42,43)38(2)3)36-37-28(39)45-17-26(40)35-24-15-19(29(31,32)33)7-14-23(24)30/h5-15H,4,16-17H2,1-3H3,(H,34,41)(H,35,40). The Morgan fingerprint density at radius 3 is 2.30 bits per heavy atom. The summed E-state index contributed by atoms with van der Waals surface area (Å²) in [4.78, 5) is 25.7. The summed E-state index contributed by atoms with van der Waals surface area (Å²) in [6, 6.07) is 15.0. The van der Waals surface area contributed by atoms with Crippen molar-refractivity contribution >= 4 is 50.9 Å². The molecule has 0 aliphatic rings. The number of carbonyl (C=O) groups excluding carboxylic acids is 2. The largest absolute Gasteiger partial charge is 0.494 e. The molecule has 0 aliphatic carbocycles. The molecular formula is C29H28ClF3N6O5S2. The molecule has 0 bridgehead atoms. The lowest BCUT2D eigenvalue weighted by atomic mass is 10.2. The minimum absolute atomic E-state index is 0.0327. The number of carbonyl (C=O) groups is 2. The van der Waals surface area contributed by atoms with Gasteiger partial charge in [-0.1, -0.05) is 23.4 Å². The fourth-order valence-electron chi connectivity index (χ4n) is 3.99. The molecule has 0 spiro atoms. The Morgan fingerprint density at radius 1 is 1.02 bits per heavy atom. The molecule has 1 heterocycles. The predicted octanol–water partition coefficient (Wildman–Crippen LogP) is 5.25. The third kappa shape index (κ3) is 8.37. The van der Waals surface area contributed by atoms with Gasteiger partial charge >= 0.3 is 6.18 Å². The Bertz CT molecular complexity index is 1820. The number of alkyl halides is 3. The summed E-state index contributed by atoms with van der Waals surface area (Å²) < 4.78 is 72.3. The Hall–Kier alpha value is -4.12. The summed E-state index contributed by atoms with van der Waals surface area (Å²) in [5.41, 5.74) is -0.355. The molecule has 0 aliphatic heterocycles. The van der Waals surface area contributed by atoms with Crippen molar-refractivity contribution in [3.05, 3.63) is 88.7 Å². The third-order valence-corrected chi connectivity index (χ3v) is 9.40. The molecule has 0 radical (unpaired) electrons. The second-order valence-electron chi connectivity index (χ2n) is 9.68. The fourth-order valence-corrected chi connectivity index (χ4v) is 5.83. The summed E-state index contributed by atoms with van der Waals surface area (Å²) in [6.45, 7) is 2.20. The number of hydrogen-bond acceptors (Lipinski definition) is 8. The molecular weight excluding hydrogens is 669 g/mol. The first-order valence-electron chi connectivity index (χ1n) is 13.5. The molecule has 0 saturated carbocycles. The monoisotopic (exact) mass is 696 g/mol. The minimum Gasteiger partial charge on any atom is -0.494 e. The lowest BCUT2D eigenvalue weighted by Gasteiger charge is -2.13. The minimum atomic E-state index is -4.62. The van der Waals surface area contributed by atoms with Crippen LogP contribution in [0.1, 0.15) is 28.7 Å². The molecule has 17 heteroatoms. The van der Waals surface area contributed by atoms with Crippen LogP contribution in [0, 0.1) is 0 Å². The summed E-state index contributed by atoms with van der Waals surface area (Å²) in [5, 5.41) is 13.7. The van der Waals surface area contributed by atoms with E-state index in [1.165, 1.54) is 38.4 Å². The molecule has 2 amide bonds. The highest BCUT2D eigenvalue weighted by molar-refractivity contribution is 7.99. The second-order valence-corrected chi connectivity index (χ2v) is 13.2. The van der Waals surface area contributed by atoms with Crippen molar-refractivity contribution in [2.24, 2.45) is 0 Å². The van der Waals surface area contributed by atoms with Gasteiger partial charge < -0.3 is 15.4 Å². The van der Waals surface area contributed by atoms with E-state index in [0.717, 1.165) is 34.3 Å². The van der Waals surface area contributed by atoms with Crippen molar-refractivity contribution in [1.29, 1.82) is 0 Å². The average molecular weight is 697 g/mol. The fraction of sp³-hybridized carbons (Fsp3) is 0.241. The Kier molecular flexibility index (Phi) is 11.0. The summed E-state index contributed by atoms with van der Waals surface area (Å²) in [6.07, 6.45) is -4.62. The number of sulfonamides is 1. The van der Waals surface area contributed by atoms with Gasteiger partial charge in [-0.2, -0.15) is 13.2 Å². The molecule has 3 aromatic carbocycles. The van der Waals surface area contributed by atoms with E-state index in [-0.39, 0.29) is 38.6 Å². The van der Waals surface area contributed by atoms with Gasteiger partial charge in [0.05, 0.1) is 40.1 Å². The van der Waals surface area contributed by atoms with Crippen LogP contribution in [0.15, 0.2) is 76.8 Å². The molecule has 46 heavy (non-hydrogen) atoms. The second kappa shape index (κ2) is 14.5. The highest BCUT2D eigenvalue weighted by Gasteiger charge is 2.31. The number of hydrogen-bond donors (Lipinski definition) is 2. The number of nitrogens with one attached hydrogen (secondary N) is 2. The van der Waals surface area contributed by atoms with Crippen LogP contribution in [0.25, 0.3) is 5.69 Å². The molecule has 2 N–H and O–H groups in total. The van der Waals surface area contributed by atoms with Gasteiger partial charge in [0, 0.05) is 25.3 Å². The first-order valence-corrected chi connectivity index (χ1v) is 16.3. The van der Waals surface area contributed by atoms with Gasteiger partial charge in [-0.3, -0.25) is 14.2 Å². The van der Waals surface area contributed by atoms with Crippen LogP contribution in [0.3, 0.4) is 0 Å². The molecule has 244 valence electrons. The molecule has 11 nitrogen and oxygen atoms in total. The van der Waals surface area contributed by atoms with Crippen LogP contribution >= 0.6 is 23.4 Å². The van der Waals surface area contributed by atoms with Crippen LogP contribution in [-0.4, -0.2) is 65.8 Å². The van der Waals surface area contributed by atoms with Gasteiger partial charge in [-0.15, -0.1) is 10.2 Å². The van der Waals surface area contributed by atoms with Gasteiger partial charge in [-0.05, 0) is 73.7 Å². The number of rotatable bonds is 12. The predicted molar refractivity (Wildman–Crippen MR) is 167 cm³/mol. The van der Waals surface area contributed by atoms with Crippen molar-refractivity contribution in [1.82, 2.24) is 24.4 Å². The van der Waals surface area contributed by atoms with E-state index in [9.17, 15) is 31.2 Å². The van der Waals surface area contributed by atoms with Gasteiger partial charge in [0.2, 0.25) is 15.9 Å². The Labute approximate surface area is 272 Å². The van der Waals surface area contributed by atoms with Crippen molar-refractivity contribution in [2.75, 3.05) is 31.8 Å². The molecule has 1 aromatic heterocycles. The van der Waals surface area contributed by atoms with Gasteiger partial charge in [0.1, 0.15) is 5.75 Å². The molecule has 0 unspecified atom stereocenters. The van der Waals surface area contributed by atoms with E-state index < -0.39 is 33.6 Å². The third-order valence-electron chi connectivity index (χ3n) is 6.31. The molecule has 4 aromatic rings. The number of thioether (sulfide) groups is 1. The maximum absolute atomic E-state index is 13.1. The normalized spacial score (nSPS) is 11.8. The topological polar surface area (TPSA) is 136 Å².